The molecule has 0 aliphatic carbocycles. The van der Waals surface area contributed by atoms with Crippen LogP contribution >= 0.6 is 0 Å². The third-order valence-corrected chi connectivity index (χ3v) is 3.90. The first kappa shape index (κ1) is 13.9. The summed E-state index contributed by atoms with van der Waals surface area (Å²) in [6, 6.07) is 6.17. The summed E-state index contributed by atoms with van der Waals surface area (Å²) in [4.78, 5) is 4.57. The van der Waals surface area contributed by atoms with E-state index in [1.54, 1.807) is 12.1 Å². The van der Waals surface area contributed by atoms with E-state index in [9.17, 15) is 8.42 Å². The zero-order valence-corrected chi connectivity index (χ0v) is 10.6. The summed E-state index contributed by atoms with van der Waals surface area (Å²) in [6.07, 6.45) is 0. The average Bonchev–Trinajstić information content (AvgIpc) is 2.30. The monoisotopic (exact) mass is 260 g/mol. The zero-order valence-electron chi connectivity index (χ0n) is 9.79. The van der Waals surface area contributed by atoms with E-state index in [1.165, 1.54) is 26.2 Å². The minimum absolute atomic E-state index is 0.227. The molecule has 1 rings (SSSR count). The van der Waals surface area contributed by atoms with Crippen LogP contribution in [0.15, 0.2) is 29.2 Å². The number of ether oxygens (including phenoxy) is 1. The Morgan fingerprint density at radius 1 is 1.18 bits per heavy atom. The third kappa shape index (κ3) is 3.67. The maximum atomic E-state index is 11.8. The Morgan fingerprint density at radius 3 is 2.24 bits per heavy atom. The Hall–Kier alpha value is -1.15. The Labute approximate surface area is 101 Å². The Bertz CT molecular complexity index is 442. The number of benzene rings is 1. The van der Waals surface area contributed by atoms with E-state index in [-0.39, 0.29) is 11.5 Å². The fourth-order valence-corrected chi connectivity index (χ4v) is 2.03. The van der Waals surface area contributed by atoms with E-state index in [0.717, 1.165) is 4.31 Å². The SMILES string of the molecule is CN(C)S(=O)(=O)c1ccc(OCCON)cc1. The maximum Gasteiger partial charge on any atom is 0.242 e. The number of nitrogens with two attached hydrogens (primary N) is 1. The second-order valence-corrected chi connectivity index (χ2v) is 5.63. The summed E-state index contributed by atoms with van der Waals surface area (Å²) in [5, 5.41) is 0. The molecule has 17 heavy (non-hydrogen) atoms. The highest BCUT2D eigenvalue weighted by Crippen LogP contribution is 2.17. The molecule has 6 nitrogen and oxygen atoms in total. The molecule has 0 unspecified atom stereocenters. The molecule has 0 aliphatic rings. The fraction of sp³-hybridized carbons (Fsp3) is 0.400. The highest BCUT2D eigenvalue weighted by Gasteiger charge is 2.16. The minimum atomic E-state index is -3.39. The largest absolute Gasteiger partial charge is 0.491 e. The van der Waals surface area contributed by atoms with Crippen LogP contribution in [0.2, 0.25) is 0 Å². The van der Waals surface area contributed by atoms with Gasteiger partial charge >= 0.3 is 0 Å². The topological polar surface area (TPSA) is 81.9 Å². The molecule has 7 heteroatoms. The van der Waals surface area contributed by atoms with Gasteiger partial charge in [-0.15, -0.1) is 0 Å². The molecule has 0 amide bonds. The molecule has 2 N–H and O–H groups in total. The van der Waals surface area contributed by atoms with Gasteiger partial charge in [0.05, 0.1) is 4.90 Å². The number of hydrogen-bond acceptors (Lipinski definition) is 5. The molecule has 0 heterocycles. The van der Waals surface area contributed by atoms with Crippen LogP contribution in [0.3, 0.4) is 0 Å². The van der Waals surface area contributed by atoms with Crippen LogP contribution in [0.25, 0.3) is 0 Å². The summed E-state index contributed by atoms with van der Waals surface area (Å²) < 4.78 is 29.9. The van der Waals surface area contributed by atoms with E-state index in [0.29, 0.717) is 12.4 Å². The van der Waals surface area contributed by atoms with Gasteiger partial charge in [-0.2, -0.15) is 0 Å². The van der Waals surface area contributed by atoms with Crippen molar-refractivity contribution in [3.8, 4) is 5.75 Å². The first-order valence-corrected chi connectivity index (χ1v) is 6.39. The molecule has 0 fully saturated rings. The second-order valence-electron chi connectivity index (χ2n) is 3.48. The van der Waals surface area contributed by atoms with Crippen LogP contribution in [0.5, 0.6) is 5.75 Å². The lowest BCUT2D eigenvalue weighted by Gasteiger charge is -2.11. The summed E-state index contributed by atoms with van der Waals surface area (Å²) in [5.41, 5.74) is 0. The molecule has 1 aromatic rings. The van der Waals surface area contributed by atoms with Crippen LogP contribution in [-0.4, -0.2) is 40.0 Å². The molecule has 0 saturated carbocycles. The van der Waals surface area contributed by atoms with Gasteiger partial charge in [0.1, 0.15) is 19.0 Å². The lowest BCUT2D eigenvalue weighted by Crippen LogP contribution is -2.22. The van der Waals surface area contributed by atoms with Crippen LogP contribution in [-0.2, 0) is 14.9 Å². The Morgan fingerprint density at radius 2 is 1.76 bits per heavy atom. The summed E-state index contributed by atoms with van der Waals surface area (Å²) in [7, 11) is -0.417. The standard InChI is InChI=1S/C10H16N2O4S/c1-12(2)17(13,14)10-5-3-9(4-6-10)15-7-8-16-11/h3-6H,7-8,11H2,1-2H3. The van der Waals surface area contributed by atoms with Crippen molar-refractivity contribution in [1.29, 1.82) is 0 Å². The molecule has 0 radical (unpaired) electrons. The number of nitrogens with zero attached hydrogens (tertiary/aromatic N) is 1. The molecule has 1 aromatic carbocycles. The molecule has 0 aliphatic heterocycles. The number of rotatable bonds is 6. The summed E-state index contributed by atoms with van der Waals surface area (Å²) in [6.45, 7) is 0.591. The third-order valence-electron chi connectivity index (χ3n) is 2.07. The van der Waals surface area contributed by atoms with E-state index in [1.807, 2.05) is 0 Å². The van der Waals surface area contributed by atoms with Crippen LogP contribution in [0.4, 0.5) is 0 Å². The zero-order chi connectivity index (χ0) is 12.9. The first-order chi connectivity index (χ1) is 7.98. The van der Waals surface area contributed by atoms with Gasteiger partial charge in [-0.1, -0.05) is 0 Å². The molecular weight excluding hydrogens is 244 g/mol. The minimum Gasteiger partial charge on any atom is -0.491 e. The molecule has 0 atom stereocenters. The molecule has 0 bridgehead atoms. The normalized spacial score (nSPS) is 11.8. The molecule has 0 saturated heterocycles. The maximum absolute atomic E-state index is 11.8. The smallest absolute Gasteiger partial charge is 0.242 e. The van der Waals surface area contributed by atoms with E-state index < -0.39 is 10.0 Å². The molecule has 96 valence electrons. The predicted molar refractivity (Wildman–Crippen MR) is 62.9 cm³/mol. The summed E-state index contributed by atoms with van der Waals surface area (Å²) in [5.74, 6) is 5.41. The highest BCUT2D eigenvalue weighted by atomic mass is 32.2. The molecular formula is C10H16N2O4S. The van der Waals surface area contributed by atoms with E-state index in [2.05, 4.69) is 4.84 Å². The Balaban J connectivity index is 2.75. The van der Waals surface area contributed by atoms with Crippen LogP contribution in [0, 0.1) is 0 Å². The number of sulfonamides is 1. The van der Waals surface area contributed by atoms with Gasteiger partial charge in [-0.25, -0.2) is 18.6 Å². The van der Waals surface area contributed by atoms with Gasteiger partial charge in [0.15, 0.2) is 0 Å². The van der Waals surface area contributed by atoms with Gasteiger partial charge in [0, 0.05) is 14.1 Å². The lowest BCUT2D eigenvalue weighted by molar-refractivity contribution is 0.102. The highest BCUT2D eigenvalue weighted by molar-refractivity contribution is 7.89. The quantitative estimate of drug-likeness (QED) is 0.584. The number of hydrogen-bond donors (Lipinski definition) is 1. The van der Waals surface area contributed by atoms with Gasteiger partial charge in [-0.05, 0) is 24.3 Å². The predicted octanol–water partition coefficient (Wildman–Crippen LogP) is 0.206. The van der Waals surface area contributed by atoms with Crippen LogP contribution in [0.1, 0.15) is 0 Å². The van der Waals surface area contributed by atoms with Crippen molar-refractivity contribution in [2.45, 2.75) is 4.90 Å². The van der Waals surface area contributed by atoms with Gasteiger partial charge in [0.25, 0.3) is 0 Å². The Kier molecular flexibility index (Phi) is 4.88. The molecule has 0 spiro atoms. The van der Waals surface area contributed by atoms with Crippen molar-refractivity contribution in [2.24, 2.45) is 5.90 Å². The van der Waals surface area contributed by atoms with Gasteiger partial charge < -0.3 is 9.57 Å². The van der Waals surface area contributed by atoms with Crippen molar-refractivity contribution in [2.75, 3.05) is 27.3 Å². The average molecular weight is 260 g/mol. The van der Waals surface area contributed by atoms with Gasteiger partial charge in [0.2, 0.25) is 10.0 Å². The van der Waals surface area contributed by atoms with Crippen molar-refractivity contribution in [1.82, 2.24) is 4.31 Å². The second kappa shape index (κ2) is 5.97. The first-order valence-electron chi connectivity index (χ1n) is 4.95. The molecule has 0 aromatic heterocycles. The van der Waals surface area contributed by atoms with Crippen LogP contribution < -0.4 is 10.6 Å². The summed E-state index contributed by atoms with van der Waals surface area (Å²) >= 11 is 0. The van der Waals surface area contributed by atoms with E-state index in [4.69, 9.17) is 10.6 Å². The van der Waals surface area contributed by atoms with Crippen molar-refractivity contribution in [3.63, 3.8) is 0 Å². The van der Waals surface area contributed by atoms with Crippen molar-refractivity contribution < 1.29 is 18.0 Å². The van der Waals surface area contributed by atoms with Crippen molar-refractivity contribution in [3.05, 3.63) is 24.3 Å². The van der Waals surface area contributed by atoms with E-state index >= 15 is 0 Å². The lowest BCUT2D eigenvalue weighted by atomic mass is 10.3. The fourth-order valence-electron chi connectivity index (χ4n) is 1.13. The van der Waals surface area contributed by atoms with Gasteiger partial charge in [-0.3, -0.25) is 0 Å². The van der Waals surface area contributed by atoms with Crippen molar-refractivity contribution >= 4 is 10.0 Å².